The topological polar surface area (TPSA) is 89.5 Å². The van der Waals surface area contributed by atoms with Crippen LogP contribution in [0.4, 0.5) is 10.1 Å². The molecule has 1 aromatic heterocycles. The summed E-state index contributed by atoms with van der Waals surface area (Å²) >= 11 is 0. The summed E-state index contributed by atoms with van der Waals surface area (Å²) in [6, 6.07) is 13.5. The highest BCUT2D eigenvalue weighted by Gasteiger charge is 2.33. The zero-order valence-corrected chi connectivity index (χ0v) is 20.2. The number of rotatable bonds is 7. The van der Waals surface area contributed by atoms with Crippen LogP contribution in [0.3, 0.4) is 0 Å². The third kappa shape index (κ3) is 5.17. The van der Waals surface area contributed by atoms with Crippen molar-refractivity contribution < 1.29 is 13.7 Å². The molecule has 0 saturated carbocycles. The summed E-state index contributed by atoms with van der Waals surface area (Å²) < 4.78 is 18.8. The van der Waals surface area contributed by atoms with Crippen LogP contribution in [0.1, 0.15) is 36.8 Å². The molecule has 0 spiro atoms. The zero-order chi connectivity index (χ0) is 24.9. The number of carbonyl (C=O) groups is 1. The van der Waals surface area contributed by atoms with E-state index in [1.165, 1.54) is 12.1 Å². The first-order chi connectivity index (χ1) is 16.9. The van der Waals surface area contributed by atoms with Gasteiger partial charge >= 0.3 is 0 Å². The molecular weight excluding hydrogens is 447 g/mol. The minimum atomic E-state index is -0.476. The normalized spacial score (nSPS) is 15.0. The molecule has 0 aliphatic carbocycles. The molecule has 1 atom stereocenters. The van der Waals surface area contributed by atoms with E-state index in [4.69, 9.17) is 4.52 Å². The highest BCUT2D eigenvalue weighted by molar-refractivity contribution is 5.83. The van der Waals surface area contributed by atoms with Crippen LogP contribution >= 0.6 is 0 Å². The van der Waals surface area contributed by atoms with Gasteiger partial charge in [0.25, 0.3) is 5.89 Å². The second kappa shape index (κ2) is 10.7. The molecule has 1 amide bonds. The van der Waals surface area contributed by atoms with Crippen LogP contribution in [0, 0.1) is 24.1 Å². The number of piperazine rings is 1. The molecule has 0 bridgehead atoms. The SMILES string of the molecule is CCN(CC)C(=O)C(c1ccc(F)cc1)N1CCN(c2ccc(-c3nc(C)no3)cc2C#N)CC1. The first kappa shape index (κ1) is 24.4. The van der Waals surface area contributed by atoms with Crippen molar-refractivity contribution in [2.75, 3.05) is 44.2 Å². The summed E-state index contributed by atoms with van der Waals surface area (Å²) in [7, 11) is 0. The molecule has 3 aromatic rings. The van der Waals surface area contributed by atoms with Gasteiger partial charge in [-0.1, -0.05) is 17.3 Å². The molecule has 1 fully saturated rings. The minimum absolute atomic E-state index is 0.0203. The van der Waals surface area contributed by atoms with E-state index in [9.17, 15) is 14.4 Å². The molecule has 1 unspecified atom stereocenters. The molecule has 8 nitrogen and oxygen atoms in total. The predicted molar refractivity (Wildman–Crippen MR) is 130 cm³/mol. The van der Waals surface area contributed by atoms with Crippen LogP contribution in [-0.2, 0) is 4.79 Å². The number of anilines is 1. The molecule has 0 N–H and O–H groups in total. The number of benzene rings is 2. The van der Waals surface area contributed by atoms with Crippen molar-refractivity contribution in [2.24, 2.45) is 0 Å². The van der Waals surface area contributed by atoms with Crippen molar-refractivity contribution in [3.63, 3.8) is 0 Å². The second-order valence-corrected chi connectivity index (χ2v) is 8.48. The van der Waals surface area contributed by atoms with Gasteiger partial charge < -0.3 is 14.3 Å². The summed E-state index contributed by atoms with van der Waals surface area (Å²) in [5.41, 5.74) is 2.85. The van der Waals surface area contributed by atoms with E-state index in [2.05, 4.69) is 26.0 Å². The first-order valence-electron chi connectivity index (χ1n) is 11.8. The van der Waals surface area contributed by atoms with Gasteiger partial charge in [0.05, 0.1) is 11.3 Å². The Morgan fingerprint density at radius 2 is 1.83 bits per heavy atom. The van der Waals surface area contributed by atoms with Crippen LogP contribution in [0.2, 0.25) is 0 Å². The van der Waals surface area contributed by atoms with E-state index in [1.54, 1.807) is 25.1 Å². The van der Waals surface area contributed by atoms with Crippen molar-refractivity contribution in [1.29, 1.82) is 5.26 Å². The van der Waals surface area contributed by atoms with E-state index >= 15 is 0 Å². The molecular formula is C26H29FN6O2. The maximum Gasteiger partial charge on any atom is 0.257 e. The molecule has 4 rings (SSSR count). The van der Waals surface area contributed by atoms with Gasteiger partial charge in [0.2, 0.25) is 5.91 Å². The molecule has 2 heterocycles. The highest BCUT2D eigenvalue weighted by Crippen LogP contribution is 2.30. The Hall–Kier alpha value is -3.77. The maximum absolute atomic E-state index is 13.6. The van der Waals surface area contributed by atoms with Crippen molar-refractivity contribution >= 4 is 11.6 Å². The van der Waals surface area contributed by atoms with Gasteiger partial charge in [0, 0.05) is 44.8 Å². The van der Waals surface area contributed by atoms with Gasteiger partial charge in [0.1, 0.15) is 17.9 Å². The number of hydrogen-bond acceptors (Lipinski definition) is 7. The summed E-state index contributed by atoms with van der Waals surface area (Å²) in [5.74, 6) is 0.615. The lowest BCUT2D eigenvalue weighted by molar-refractivity contribution is -0.137. The van der Waals surface area contributed by atoms with Gasteiger partial charge in [-0.25, -0.2) is 4.39 Å². The molecule has 35 heavy (non-hydrogen) atoms. The van der Waals surface area contributed by atoms with E-state index < -0.39 is 6.04 Å². The predicted octanol–water partition coefficient (Wildman–Crippen LogP) is 3.79. The van der Waals surface area contributed by atoms with Gasteiger partial charge in [-0.2, -0.15) is 10.2 Å². The second-order valence-electron chi connectivity index (χ2n) is 8.48. The van der Waals surface area contributed by atoms with Crippen LogP contribution in [0.5, 0.6) is 0 Å². The van der Waals surface area contributed by atoms with E-state index in [1.807, 2.05) is 30.9 Å². The van der Waals surface area contributed by atoms with Gasteiger partial charge in [-0.05, 0) is 56.7 Å². The molecule has 1 aliphatic heterocycles. The Balaban J connectivity index is 1.54. The molecule has 182 valence electrons. The third-order valence-electron chi connectivity index (χ3n) is 6.41. The van der Waals surface area contributed by atoms with Crippen molar-refractivity contribution in [3.05, 3.63) is 65.2 Å². The van der Waals surface area contributed by atoms with Crippen molar-refractivity contribution in [3.8, 4) is 17.5 Å². The van der Waals surface area contributed by atoms with Crippen LogP contribution in [0.25, 0.3) is 11.5 Å². The number of halogens is 1. The number of carbonyl (C=O) groups excluding carboxylic acids is 1. The van der Waals surface area contributed by atoms with E-state index in [0.717, 1.165) is 11.3 Å². The smallest absolute Gasteiger partial charge is 0.257 e. The Bertz CT molecular complexity index is 1210. The number of aromatic nitrogens is 2. The standard InChI is InChI=1S/C26H29FN6O2/c1-4-31(5-2)26(34)24(19-6-9-22(27)10-7-19)33-14-12-32(13-15-33)23-11-8-20(16-21(23)17-28)25-29-18(3)30-35-25/h6-11,16,24H,4-5,12-15H2,1-3H3. The van der Waals surface area contributed by atoms with Gasteiger partial charge in [-0.15, -0.1) is 0 Å². The fourth-order valence-electron chi connectivity index (χ4n) is 4.53. The summed E-state index contributed by atoms with van der Waals surface area (Å²) in [5, 5.41) is 13.6. The molecule has 0 radical (unpaired) electrons. The minimum Gasteiger partial charge on any atom is -0.368 e. The van der Waals surface area contributed by atoms with E-state index in [0.29, 0.717) is 62.1 Å². The summed E-state index contributed by atoms with van der Waals surface area (Å²) in [6.45, 7) is 9.46. The van der Waals surface area contributed by atoms with Crippen molar-refractivity contribution in [1.82, 2.24) is 19.9 Å². The maximum atomic E-state index is 13.6. The van der Waals surface area contributed by atoms with Crippen LogP contribution in [0.15, 0.2) is 47.0 Å². The van der Waals surface area contributed by atoms with Crippen LogP contribution < -0.4 is 4.90 Å². The lowest BCUT2D eigenvalue weighted by atomic mass is 10.0. The van der Waals surface area contributed by atoms with E-state index in [-0.39, 0.29) is 11.7 Å². The Morgan fingerprint density at radius 3 is 2.40 bits per heavy atom. The Morgan fingerprint density at radius 1 is 1.14 bits per heavy atom. The molecule has 1 aliphatic rings. The van der Waals surface area contributed by atoms with Gasteiger partial charge in [-0.3, -0.25) is 9.69 Å². The lowest BCUT2D eigenvalue weighted by Gasteiger charge is -2.41. The average Bonchev–Trinajstić information content (AvgIpc) is 3.32. The number of nitriles is 1. The van der Waals surface area contributed by atoms with Gasteiger partial charge in [0.15, 0.2) is 5.82 Å². The Labute approximate surface area is 204 Å². The third-order valence-corrected chi connectivity index (χ3v) is 6.41. The summed E-state index contributed by atoms with van der Waals surface area (Å²) in [4.78, 5) is 23.8. The first-order valence-corrected chi connectivity index (χ1v) is 11.8. The summed E-state index contributed by atoms with van der Waals surface area (Å²) in [6.07, 6.45) is 0. The highest BCUT2D eigenvalue weighted by atomic mass is 19.1. The fourth-order valence-corrected chi connectivity index (χ4v) is 4.53. The largest absolute Gasteiger partial charge is 0.368 e. The Kier molecular flexibility index (Phi) is 7.42. The number of amides is 1. The monoisotopic (exact) mass is 476 g/mol. The lowest BCUT2D eigenvalue weighted by Crippen LogP contribution is -2.51. The fraction of sp³-hybridized carbons (Fsp3) is 0.385. The zero-order valence-electron chi connectivity index (χ0n) is 20.2. The number of likely N-dealkylation sites (N-methyl/N-ethyl adjacent to an activating group) is 1. The number of hydrogen-bond donors (Lipinski definition) is 0. The number of nitrogens with zero attached hydrogens (tertiary/aromatic N) is 6. The quantitative estimate of drug-likeness (QED) is 0.513. The molecule has 1 saturated heterocycles. The average molecular weight is 477 g/mol. The number of aryl methyl sites for hydroxylation is 1. The molecule has 9 heteroatoms. The molecule has 2 aromatic carbocycles. The van der Waals surface area contributed by atoms with Crippen LogP contribution in [-0.4, -0.2) is 65.1 Å². The van der Waals surface area contributed by atoms with Crippen molar-refractivity contribution in [2.45, 2.75) is 26.8 Å².